The number of carbonyl (C=O) groups is 1. The first-order valence-electron chi connectivity index (χ1n) is 10.5. The third-order valence-electron chi connectivity index (χ3n) is 6.40. The van der Waals surface area contributed by atoms with Gasteiger partial charge in [0.05, 0.1) is 12.6 Å². The molecule has 3 heterocycles. The van der Waals surface area contributed by atoms with Crippen LogP contribution < -0.4 is 0 Å². The van der Waals surface area contributed by atoms with Gasteiger partial charge in [0.1, 0.15) is 35.6 Å². The van der Waals surface area contributed by atoms with E-state index in [1.807, 2.05) is 4.40 Å². The van der Waals surface area contributed by atoms with Crippen LogP contribution in [0.15, 0.2) is 37.1 Å². The maximum Gasteiger partial charge on any atom is 0.274 e. The van der Waals surface area contributed by atoms with Crippen molar-refractivity contribution in [3.8, 4) is 0 Å². The van der Waals surface area contributed by atoms with Crippen molar-refractivity contribution in [2.24, 2.45) is 0 Å². The Morgan fingerprint density at radius 3 is 2.91 bits per heavy atom. The Morgan fingerprint density at radius 1 is 1.36 bits per heavy atom. The van der Waals surface area contributed by atoms with Gasteiger partial charge in [-0.3, -0.25) is 9.20 Å². The predicted molar refractivity (Wildman–Crippen MR) is 117 cm³/mol. The van der Waals surface area contributed by atoms with E-state index < -0.39 is 29.2 Å². The topological polar surface area (TPSA) is 88.5 Å². The van der Waals surface area contributed by atoms with Gasteiger partial charge in [0, 0.05) is 35.4 Å². The average molecular weight is 473 g/mol. The number of aromatic nitrogens is 5. The lowest BCUT2D eigenvalue weighted by Crippen LogP contribution is -2.52. The second kappa shape index (κ2) is 7.99. The van der Waals surface area contributed by atoms with Gasteiger partial charge in [0.15, 0.2) is 4.96 Å². The monoisotopic (exact) mass is 472 g/mol. The number of likely N-dealkylation sites (N-methyl/N-ethyl adjacent to an activating group) is 1. The Labute approximate surface area is 192 Å². The number of aryl methyl sites for hydroxylation is 2. The minimum Gasteiger partial charge on any atom is -0.381 e. The Bertz CT molecular complexity index is 1330. The van der Waals surface area contributed by atoms with Crippen molar-refractivity contribution in [3.63, 3.8) is 0 Å². The number of fused-ring (bicyclic) bond motifs is 3. The van der Waals surface area contributed by atoms with Gasteiger partial charge in [-0.05, 0) is 32.3 Å². The number of amides is 1. The zero-order valence-electron chi connectivity index (χ0n) is 18.1. The molecule has 1 aliphatic carbocycles. The molecule has 0 fully saturated rings. The third-order valence-corrected chi connectivity index (χ3v) is 7.55. The number of rotatable bonds is 6. The lowest BCUT2D eigenvalue weighted by atomic mass is 9.85. The minimum absolute atomic E-state index is 0.143. The molecule has 1 aromatic carbocycles. The van der Waals surface area contributed by atoms with Crippen molar-refractivity contribution in [2.75, 3.05) is 7.05 Å². The second-order valence-corrected chi connectivity index (χ2v) is 9.40. The molecule has 1 amide bonds. The van der Waals surface area contributed by atoms with Gasteiger partial charge in [-0.1, -0.05) is 6.07 Å². The van der Waals surface area contributed by atoms with Gasteiger partial charge in [0.25, 0.3) is 5.91 Å². The molecule has 0 saturated carbocycles. The number of thiazole rings is 1. The molecule has 0 radical (unpaired) electrons. The highest BCUT2D eigenvalue weighted by molar-refractivity contribution is 7.17. The molecule has 1 aliphatic rings. The first-order valence-corrected chi connectivity index (χ1v) is 11.4. The van der Waals surface area contributed by atoms with Gasteiger partial charge >= 0.3 is 0 Å². The lowest BCUT2D eigenvalue weighted by Gasteiger charge is -2.39. The van der Waals surface area contributed by atoms with E-state index in [9.17, 15) is 18.7 Å². The Balaban J connectivity index is 1.49. The molecular formula is C22H22F2N6O2S. The lowest BCUT2D eigenvalue weighted by molar-refractivity contribution is -0.0501. The number of hydrogen-bond acceptors (Lipinski definition) is 6. The molecule has 5 rings (SSSR count). The first kappa shape index (κ1) is 21.7. The van der Waals surface area contributed by atoms with Crippen molar-refractivity contribution in [1.82, 2.24) is 29.0 Å². The Kier molecular flexibility index (Phi) is 5.25. The molecule has 4 aromatic rings. The SMILES string of the molecule is C[C@@H](N(C)C(=O)c1cn2c3c(sc2n1)CCC3)[C@](O)(Cn1cncn1)c1ccc(F)cc1F. The molecule has 1 N–H and O–H groups in total. The van der Waals surface area contributed by atoms with Crippen LogP contribution in [0.1, 0.15) is 40.0 Å². The predicted octanol–water partition coefficient (Wildman–Crippen LogP) is 2.80. The van der Waals surface area contributed by atoms with Crippen LogP contribution in [0, 0.1) is 11.6 Å². The zero-order valence-corrected chi connectivity index (χ0v) is 18.9. The minimum atomic E-state index is -1.92. The number of carbonyl (C=O) groups excluding carboxylic acids is 1. The van der Waals surface area contributed by atoms with Crippen LogP contribution in [-0.4, -0.2) is 53.2 Å². The van der Waals surface area contributed by atoms with Crippen molar-refractivity contribution in [2.45, 2.75) is 44.4 Å². The number of halogens is 2. The smallest absolute Gasteiger partial charge is 0.274 e. The highest BCUT2D eigenvalue weighted by atomic mass is 32.1. The Morgan fingerprint density at radius 2 is 2.18 bits per heavy atom. The second-order valence-electron chi connectivity index (χ2n) is 8.34. The first-order chi connectivity index (χ1) is 15.8. The van der Waals surface area contributed by atoms with Crippen LogP contribution in [0.25, 0.3) is 4.96 Å². The number of hydrogen-bond donors (Lipinski definition) is 1. The number of imidazole rings is 1. The molecule has 0 spiro atoms. The summed E-state index contributed by atoms with van der Waals surface area (Å²) in [5.74, 6) is -2.09. The maximum absolute atomic E-state index is 14.8. The van der Waals surface area contributed by atoms with Crippen molar-refractivity contribution in [1.29, 1.82) is 0 Å². The largest absolute Gasteiger partial charge is 0.381 e. The summed E-state index contributed by atoms with van der Waals surface area (Å²) >= 11 is 1.58. The van der Waals surface area contributed by atoms with Crippen molar-refractivity contribution < 1.29 is 18.7 Å². The highest BCUT2D eigenvalue weighted by Gasteiger charge is 2.43. The molecule has 2 atom stereocenters. The summed E-state index contributed by atoms with van der Waals surface area (Å²) in [6.45, 7) is 1.41. The molecule has 172 valence electrons. The molecular weight excluding hydrogens is 450 g/mol. The van der Waals surface area contributed by atoms with Gasteiger partial charge in [-0.2, -0.15) is 5.10 Å². The van der Waals surface area contributed by atoms with Crippen LogP contribution in [0.5, 0.6) is 0 Å². The molecule has 8 nitrogen and oxygen atoms in total. The maximum atomic E-state index is 14.8. The normalized spacial score (nSPS) is 16.0. The average Bonchev–Trinajstić information content (AvgIpc) is 3.55. The van der Waals surface area contributed by atoms with Gasteiger partial charge in [-0.15, -0.1) is 11.3 Å². The molecule has 0 bridgehead atoms. The van der Waals surface area contributed by atoms with E-state index in [1.165, 1.54) is 45.9 Å². The molecule has 0 aliphatic heterocycles. The quantitative estimate of drug-likeness (QED) is 0.466. The van der Waals surface area contributed by atoms with E-state index in [0.717, 1.165) is 30.3 Å². The summed E-state index contributed by atoms with van der Waals surface area (Å²) in [4.78, 5) is 25.1. The van der Waals surface area contributed by atoms with Crippen molar-refractivity contribution in [3.05, 3.63) is 70.5 Å². The van der Waals surface area contributed by atoms with Crippen LogP contribution in [-0.2, 0) is 25.0 Å². The van der Waals surface area contributed by atoms with Crippen LogP contribution in [0.2, 0.25) is 0 Å². The molecule has 0 saturated heterocycles. The number of benzene rings is 1. The van der Waals surface area contributed by atoms with Gasteiger partial charge in [-0.25, -0.2) is 23.4 Å². The van der Waals surface area contributed by atoms with E-state index in [2.05, 4.69) is 15.1 Å². The third kappa shape index (κ3) is 3.61. The zero-order chi connectivity index (χ0) is 23.3. The standard InChI is InChI=1S/C22H22F2N6O2S/c1-13(22(32,10-29-12-25-11-26-29)15-7-6-14(23)8-16(15)24)28(2)20(31)17-9-30-18-4-3-5-19(18)33-21(30)27-17/h6-9,11-13,32H,3-5,10H2,1-2H3/t13-,22-/m1/s1. The number of aliphatic hydroxyl groups is 1. The van der Waals surface area contributed by atoms with E-state index in [4.69, 9.17) is 0 Å². The van der Waals surface area contributed by atoms with Crippen LogP contribution in [0.3, 0.4) is 0 Å². The molecule has 0 unspecified atom stereocenters. The summed E-state index contributed by atoms with van der Waals surface area (Å²) in [5, 5.41) is 15.7. The van der Waals surface area contributed by atoms with E-state index in [-0.39, 0.29) is 17.8 Å². The Hall–Kier alpha value is -3.18. The summed E-state index contributed by atoms with van der Waals surface area (Å²) < 4.78 is 31.6. The summed E-state index contributed by atoms with van der Waals surface area (Å²) in [7, 11) is 1.53. The summed E-state index contributed by atoms with van der Waals surface area (Å²) in [6.07, 6.45) is 7.46. The molecule has 11 heteroatoms. The fourth-order valence-corrected chi connectivity index (χ4v) is 5.62. The summed E-state index contributed by atoms with van der Waals surface area (Å²) in [6, 6.07) is 2.05. The fourth-order valence-electron chi connectivity index (χ4n) is 4.43. The highest BCUT2D eigenvalue weighted by Crippen LogP contribution is 2.34. The van der Waals surface area contributed by atoms with Crippen LogP contribution in [0.4, 0.5) is 8.78 Å². The van der Waals surface area contributed by atoms with E-state index in [1.54, 1.807) is 24.5 Å². The number of nitrogens with zero attached hydrogens (tertiary/aromatic N) is 6. The fraction of sp³-hybridized carbons (Fsp3) is 0.364. The molecule has 3 aromatic heterocycles. The van der Waals surface area contributed by atoms with Gasteiger partial charge < -0.3 is 10.0 Å². The van der Waals surface area contributed by atoms with Crippen LogP contribution >= 0.6 is 11.3 Å². The summed E-state index contributed by atoms with van der Waals surface area (Å²) in [5.41, 5.74) is -0.634. The molecule has 33 heavy (non-hydrogen) atoms. The van der Waals surface area contributed by atoms with E-state index in [0.29, 0.717) is 6.07 Å². The van der Waals surface area contributed by atoms with Gasteiger partial charge in [0.2, 0.25) is 0 Å². The van der Waals surface area contributed by atoms with E-state index >= 15 is 0 Å². The van der Waals surface area contributed by atoms with Crippen molar-refractivity contribution >= 4 is 22.2 Å².